The number of hydrogen-bond acceptors (Lipinski definition) is 6. The van der Waals surface area contributed by atoms with Crippen LogP contribution in [0.15, 0.2) is 18.6 Å². The third kappa shape index (κ3) is 2.43. The highest BCUT2D eigenvalue weighted by molar-refractivity contribution is 5.78. The molecule has 1 aliphatic heterocycles. The van der Waals surface area contributed by atoms with Crippen LogP contribution in [0, 0.1) is 12.8 Å². The van der Waals surface area contributed by atoms with Gasteiger partial charge in [-0.3, -0.25) is 0 Å². The zero-order valence-electron chi connectivity index (χ0n) is 13.6. The van der Waals surface area contributed by atoms with E-state index in [2.05, 4.69) is 9.97 Å². The third-order valence-corrected chi connectivity index (χ3v) is 5.48. The Morgan fingerprint density at radius 1 is 1.21 bits per heavy atom. The van der Waals surface area contributed by atoms with Gasteiger partial charge in [0, 0.05) is 11.6 Å². The summed E-state index contributed by atoms with van der Waals surface area (Å²) in [6.07, 6.45) is 2.75. The number of aromatic nitrogens is 3. The van der Waals surface area contributed by atoms with E-state index < -0.39 is 30.6 Å². The number of aliphatic hydroxyl groups is 3. The quantitative estimate of drug-likeness (QED) is 0.772. The monoisotopic (exact) mass is 333 g/mol. The van der Waals surface area contributed by atoms with Crippen molar-refractivity contribution in [3.63, 3.8) is 0 Å². The first-order valence-electron chi connectivity index (χ1n) is 8.55. The van der Waals surface area contributed by atoms with Gasteiger partial charge in [-0.15, -0.1) is 0 Å². The number of rotatable bonds is 3. The van der Waals surface area contributed by atoms with Gasteiger partial charge in [-0.05, 0) is 31.7 Å². The molecular weight excluding hydrogens is 310 g/mol. The van der Waals surface area contributed by atoms with Crippen molar-refractivity contribution in [2.24, 2.45) is 5.92 Å². The SMILES string of the molecule is Cc1ncnc2c1ccn2[C@@H]1O[C@H]([C@@H](O)C2CCCC2)[C@@H](O)[C@H]1O. The number of hydrogen-bond donors (Lipinski definition) is 3. The van der Waals surface area contributed by atoms with Gasteiger partial charge in [0.2, 0.25) is 0 Å². The molecule has 7 heteroatoms. The number of fused-ring (bicyclic) bond motifs is 1. The first-order chi connectivity index (χ1) is 11.6. The summed E-state index contributed by atoms with van der Waals surface area (Å²) in [4.78, 5) is 8.43. The highest BCUT2D eigenvalue weighted by Crippen LogP contribution is 2.38. The van der Waals surface area contributed by atoms with Crippen molar-refractivity contribution in [2.45, 2.75) is 63.3 Å². The highest BCUT2D eigenvalue weighted by Gasteiger charge is 2.48. The van der Waals surface area contributed by atoms with Gasteiger partial charge in [0.25, 0.3) is 0 Å². The average Bonchev–Trinajstić information content (AvgIpc) is 3.29. The molecule has 1 aliphatic carbocycles. The lowest BCUT2D eigenvalue weighted by Gasteiger charge is -2.25. The van der Waals surface area contributed by atoms with E-state index >= 15 is 0 Å². The smallest absolute Gasteiger partial charge is 0.164 e. The minimum absolute atomic E-state index is 0.126. The topological polar surface area (TPSA) is 101 Å². The molecule has 5 atom stereocenters. The summed E-state index contributed by atoms with van der Waals surface area (Å²) in [5, 5.41) is 32.3. The Morgan fingerprint density at radius 2 is 1.96 bits per heavy atom. The second kappa shape index (κ2) is 6.07. The lowest BCUT2D eigenvalue weighted by atomic mass is 9.93. The molecular formula is C17H23N3O4. The zero-order valence-corrected chi connectivity index (χ0v) is 13.6. The van der Waals surface area contributed by atoms with Crippen LogP contribution in [0.3, 0.4) is 0 Å². The molecule has 2 aliphatic rings. The van der Waals surface area contributed by atoms with E-state index in [0.29, 0.717) is 5.65 Å². The highest BCUT2D eigenvalue weighted by atomic mass is 16.6. The van der Waals surface area contributed by atoms with Crippen LogP contribution < -0.4 is 0 Å². The summed E-state index contributed by atoms with van der Waals surface area (Å²) < 4.78 is 7.61. The molecule has 130 valence electrons. The summed E-state index contributed by atoms with van der Waals surface area (Å²) in [5.74, 6) is 0.126. The predicted octanol–water partition coefficient (Wildman–Crippen LogP) is 0.910. The Bertz CT molecular complexity index is 728. The fraction of sp³-hybridized carbons (Fsp3) is 0.647. The molecule has 24 heavy (non-hydrogen) atoms. The molecule has 0 radical (unpaired) electrons. The van der Waals surface area contributed by atoms with E-state index in [9.17, 15) is 15.3 Å². The van der Waals surface area contributed by atoms with Crippen molar-refractivity contribution in [1.82, 2.24) is 14.5 Å². The van der Waals surface area contributed by atoms with E-state index in [1.807, 2.05) is 13.0 Å². The molecule has 3 heterocycles. The maximum Gasteiger partial charge on any atom is 0.164 e. The standard InChI is InChI=1S/C17H23N3O4/c1-9-11-6-7-20(16(11)19-8-18-9)17-14(23)13(22)15(24-17)12(21)10-4-2-3-5-10/h6-8,10,12-15,17,21-23H,2-5H2,1H3/t12-,13-,14+,15+,17+/m0/s1. The van der Waals surface area contributed by atoms with Crippen molar-refractivity contribution >= 4 is 11.0 Å². The zero-order chi connectivity index (χ0) is 16.8. The van der Waals surface area contributed by atoms with Crippen LogP contribution in [0.2, 0.25) is 0 Å². The Balaban J connectivity index is 1.62. The van der Waals surface area contributed by atoms with Crippen LogP contribution in [0.25, 0.3) is 11.0 Å². The van der Waals surface area contributed by atoms with Gasteiger partial charge < -0.3 is 24.6 Å². The number of aryl methyl sites for hydroxylation is 1. The van der Waals surface area contributed by atoms with Crippen LogP contribution in [-0.4, -0.2) is 54.3 Å². The van der Waals surface area contributed by atoms with Crippen molar-refractivity contribution in [3.8, 4) is 0 Å². The molecule has 2 aromatic rings. The number of nitrogens with zero attached hydrogens (tertiary/aromatic N) is 3. The molecule has 3 N–H and O–H groups in total. The second-order valence-corrected chi connectivity index (χ2v) is 6.93. The summed E-state index contributed by atoms with van der Waals surface area (Å²) in [6.45, 7) is 1.89. The Kier molecular flexibility index (Phi) is 4.04. The van der Waals surface area contributed by atoms with Crippen molar-refractivity contribution < 1.29 is 20.1 Å². The first-order valence-corrected chi connectivity index (χ1v) is 8.55. The largest absolute Gasteiger partial charge is 0.390 e. The van der Waals surface area contributed by atoms with Crippen LogP contribution >= 0.6 is 0 Å². The predicted molar refractivity (Wildman–Crippen MR) is 86.2 cm³/mol. The summed E-state index contributed by atoms with van der Waals surface area (Å²) in [5.41, 5.74) is 1.49. The maximum absolute atomic E-state index is 10.6. The molecule has 2 aromatic heterocycles. The van der Waals surface area contributed by atoms with Crippen molar-refractivity contribution in [1.29, 1.82) is 0 Å². The van der Waals surface area contributed by atoms with Crippen LogP contribution in [0.5, 0.6) is 0 Å². The van der Waals surface area contributed by atoms with Gasteiger partial charge in [-0.2, -0.15) is 0 Å². The van der Waals surface area contributed by atoms with Gasteiger partial charge in [0.1, 0.15) is 30.3 Å². The lowest BCUT2D eigenvalue weighted by molar-refractivity contribution is -0.0997. The molecule has 0 amide bonds. The molecule has 0 unspecified atom stereocenters. The molecule has 4 rings (SSSR count). The fourth-order valence-corrected chi connectivity index (χ4v) is 4.07. The van der Waals surface area contributed by atoms with Gasteiger partial charge in [0.05, 0.1) is 11.8 Å². The first kappa shape index (κ1) is 16.0. The Hall–Kier alpha value is -1.54. The van der Waals surface area contributed by atoms with Crippen LogP contribution in [0.4, 0.5) is 0 Å². The molecule has 0 spiro atoms. The van der Waals surface area contributed by atoms with Crippen LogP contribution in [0.1, 0.15) is 37.6 Å². The maximum atomic E-state index is 10.6. The summed E-state index contributed by atoms with van der Waals surface area (Å²) in [7, 11) is 0. The van der Waals surface area contributed by atoms with Gasteiger partial charge in [-0.25, -0.2) is 9.97 Å². The van der Waals surface area contributed by atoms with Crippen molar-refractivity contribution in [2.75, 3.05) is 0 Å². The van der Waals surface area contributed by atoms with E-state index in [1.54, 1.807) is 10.8 Å². The summed E-state index contributed by atoms with van der Waals surface area (Å²) >= 11 is 0. The van der Waals surface area contributed by atoms with E-state index in [1.165, 1.54) is 6.33 Å². The Morgan fingerprint density at radius 3 is 2.71 bits per heavy atom. The number of aliphatic hydroxyl groups excluding tert-OH is 3. The molecule has 1 saturated carbocycles. The normalized spacial score (nSPS) is 32.7. The van der Waals surface area contributed by atoms with Gasteiger partial charge in [0.15, 0.2) is 6.23 Å². The number of ether oxygens (including phenoxy) is 1. The average molecular weight is 333 g/mol. The van der Waals surface area contributed by atoms with E-state index in [0.717, 1.165) is 36.8 Å². The Labute approximate surface area is 139 Å². The van der Waals surface area contributed by atoms with Gasteiger partial charge >= 0.3 is 0 Å². The third-order valence-electron chi connectivity index (χ3n) is 5.48. The minimum Gasteiger partial charge on any atom is -0.390 e. The van der Waals surface area contributed by atoms with E-state index in [4.69, 9.17) is 4.74 Å². The molecule has 7 nitrogen and oxygen atoms in total. The summed E-state index contributed by atoms with van der Waals surface area (Å²) in [6, 6.07) is 1.87. The van der Waals surface area contributed by atoms with Crippen LogP contribution in [-0.2, 0) is 4.74 Å². The lowest BCUT2D eigenvalue weighted by Crippen LogP contribution is -2.41. The second-order valence-electron chi connectivity index (χ2n) is 6.93. The van der Waals surface area contributed by atoms with E-state index in [-0.39, 0.29) is 5.92 Å². The molecule has 0 aromatic carbocycles. The molecule has 1 saturated heterocycles. The van der Waals surface area contributed by atoms with Gasteiger partial charge in [-0.1, -0.05) is 12.8 Å². The van der Waals surface area contributed by atoms with Crippen molar-refractivity contribution in [3.05, 3.63) is 24.3 Å². The molecule has 0 bridgehead atoms. The molecule has 2 fully saturated rings. The fourth-order valence-electron chi connectivity index (χ4n) is 4.07. The minimum atomic E-state index is -1.12.